The van der Waals surface area contributed by atoms with Crippen LogP contribution in [0.2, 0.25) is 0 Å². The summed E-state index contributed by atoms with van der Waals surface area (Å²) in [6, 6.07) is 7.86. The zero-order chi connectivity index (χ0) is 14.5. The van der Waals surface area contributed by atoms with Crippen molar-refractivity contribution < 1.29 is 4.79 Å². The lowest BCUT2D eigenvalue weighted by Crippen LogP contribution is -2.45. The predicted molar refractivity (Wildman–Crippen MR) is 82.6 cm³/mol. The summed E-state index contributed by atoms with van der Waals surface area (Å²) in [4.78, 5) is 14.3. The fourth-order valence-corrected chi connectivity index (χ4v) is 2.78. The van der Waals surface area contributed by atoms with Crippen LogP contribution in [-0.4, -0.2) is 37.0 Å². The van der Waals surface area contributed by atoms with E-state index in [1.54, 1.807) is 0 Å². The molecule has 110 valence electrons. The lowest BCUT2D eigenvalue weighted by molar-refractivity contribution is -0.117. The normalized spacial score (nSPS) is 23.6. The lowest BCUT2D eigenvalue weighted by Gasteiger charge is -2.36. The topological polar surface area (TPSA) is 58.4 Å². The van der Waals surface area contributed by atoms with Crippen molar-refractivity contribution in [2.45, 2.75) is 20.3 Å². The number of nitrogens with one attached hydrogen (secondary N) is 1. The molecule has 1 aromatic rings. The molecule has 1 amide bonds. The van der Waals surface area contributed by atoms with Crippen molar-refractivity contribution in [2.75, 3.05) is 31.5 Å². The average Bonchev–Trinajstić information content (AvgIpc) is 2.43. The van der Waals surface area contributed by atoms with Crippen molar-refractivity contribution >= 4 is 11.6 Å². The smallest absolute Gasteiger partial charge is 0.238 e. The van der Waals surface area contributed by atoms with Gasteiger partial charge in [-0.1, -0.05) is 25.1 Å². The second kappa shape index (κ2) is 6.86. The fraction of sp³-hybridized carbons (Fsp3) is 0.562. The number of rotatable bonds is 4. The summed E-state index contributed by atoms with van der Waals surface area (Å²) >= 11 is 0. The van der Waals surface area contributed by atoms with E-state index in [0.29, 0.717) is 24.9 Å². The summed E-state index contributed by atoms with van der Waals surface area (Å²) in [5.41, 5.74) is 7.79. The van der Waals surface area contributed by atoms with Gasteiger partial charge in [-0.2, -0.15) is 0 Å². The SMILES string of the molecule is Cc1ccccc1NC(=O)CN1CCC(C)C(CN)C1. The van der Waals surface area contributed by atoms with Gasteiger partial charge in [0.25, 0.3) is 0 Å². The van der Waals surface area contributed by atoms with Gasteiger partial charge in [-0.15, -0.1) is 0 Å². The molecule has 1 aliphatic rings. The maximum absolute atomic E-state index is 12.1. The summed E-state index contributed by atoms with van der Waals surface area (Å²) in [5.74, 6) is 1.23. The first-order valence-corrected chi connectivity index (χ1v) is 7.38. The molecule has 0 aliphatic carbocycles. The van der Waals surface area contributed by atoms with Crippen LogP contribution in [0, 0.1) is 18.8 Å². The second-order valence-electron chi connectivity index (χ2n) is 5.86. The van der Waals surface area contributed by atoms with Gasteiger partial charge in [-0.05, 0) is 49.9 Å². The van der Waals surface area contributed by atoms with Gasteiger partial charge in [0.2, 0.25) is 5.91 Å². The fourth-order valence-electron chi connectivity index (χ4n) is 2.78. The van der Waals surface area contributed by atoms with Crippen LogP contribution in [-0.2, 0) is 4.79 Å². The van der Waals surface area contributed by atoms with Crippen LogP contribution in [0.1, 0.15) is 18.9 Å². The van der Waals surface area contributed by atoms with Crippen LogP contribution in [0.4, 0.5) is 5.69 Å². The third-order valence-corrected chi connectivity index (χ3v) is 4.29. The molecule has 3 N–H and O–H groups in total. The van der Waals surface area contributed by atoms with Crippen LogP contribution in [0.15, 0.2) is 24.3 Å². The molecule has 1 aromatic carbocycles. The molecule has 1 aliphatic heterocycles. The number of amides is 1. The van der Waals surface area contributed by atoms with Crippen molar-refractivity contribution in [3.05, 3.63) is 29.8 Å². The molecule has 1 heterocycles. The van der Waals surface area contributed by atoms with E-state index in [1.165, 1.54) is 0 Å². The van der Waals surface area contributed by atoms with Crippen LogP contribution in [0.25, 0.3) is 0 Å². The van der Waals surface area contributed by atoms with Gasteiger partial charge in [0, 0.05) is 12.2 Å². The first-order valence-electron chi connectivity index (χ1n) is 7.38. The molecule has 1 saturated heterocycles. The van der Waals surface area contributed by atoms with Gasteiger partial charge < -0.3 is 11.1 Å². The number of nitrogens with two attached hydrogens (primary N) is 1. The summed E-state index contributed by atoms with van der Waals surface area (Å²) < 4.78 is 0. The van der Waals surface area contributed by atoms with Gasteiger partial charge in [-0.25, -0.2) is 0 Å². The molecule has 20 heavy (non-hydrogen) atoms. The highest BCUT2D eigenvalue weighted by Crippen LogP contribution is 2.22. The van der Waals surface area contributed by atoms with E-state index in [0.717, 1.165) is 30.8 Å². The molecular weight excluding hydrogens is 250 g/mol. The molecule has 2 unspecified atom stereocenters. The lowest BCUT2D eigenvalue weighted by atomic mass is 9.87. The van der Waals surface area contributed by atoms with Gasteiger partial charge in [0.15, 0.2) is 0 Å². The van der Waals surface area contributed by atoms with Crippen LogP contribution in [0.3, 0.4) is 0 Å². The van der Waals surface area contributed by atoms with E-state index in [-0.39, 0.29) is 5.91 Å². The van der Waals surface area contributed by atoms with E-state index in [9.17, 15) is 4.79 Å². The number of piperidine rings is 1. The van der Waals surface area contributed by atoms with Crippen molar-refractivity contribution in [3.63, 3.8) is 0 Å². The largest absolute Gasteiger partial charge is 0.330 e. The number of carbonyl (C=O) groups is 1. The number of anilines is 1. The molecular formula is C16H25N3O. The molecule has 0 spiro atoms. The maximum Gasteiger partial charge on any atom is 0.238 e. The van der Waals surface area contributed by atoms with E-state index in [2.05, 4.69) is 17.1 Å². The van der Waals surface area contributed by atoms with Gasteiger partial charge in [-0.3, -0.25) is 9.69 Å². The van der Waals surface area contributed by atoms with Crippen molar-refractivity contribution in [1.82, 2.24) is 4.90 Å². The summed E-state index contributed by atoms with van der Waals surface area (Å²) in [7, 11) is 0. The summed E-state index contributed by atoms with van der Waals surface area (Å²) in [5, 5.41) is 2.99. The van der Waals surface area contributed by atoms with Crippen LogP contribution >= 0.6 is 0 Å². The zero-order valence-corrected chi connectivity index (χ0v) is 12.4. The number of likely N-dealkylation sites (tertiary alicyclic amines) is 1. The molecule has 2 atom stereocenters. The van der Waals surface area contributed by atoms with E-state index >= 15 is 0 Å². The quantitative estimate of drug-likeness (QED) is 0.881. The first-order chi connectivity index (χ1) is 9.60. The Morgan fingerprint density at radius 1 is 1.45 bits per heavy atom. The Kier molecular flexibility index (Phi) is 5.15. The van der Waals surface area contributed by atoms with Crippen molar-refractivity contribution in [3.8, 4) is 0 Å². The highest BCUT2D eigenvalue weighted by Gasteiger charge is 2.26. The zero-order valence-electron chi connectivity index (χ0n) is 12.4. The molecule has 0 aromatic heterocycles. The van der Waals surface area contributed by atoms with E-state index in [1.807, 2.05) is 31.2 Å². The Morgan fingerprint density at radius 3 is 2.90 bits per heavy atom. The van der Waals surface area contributed by atoms with Gasteiger partial charge in [0.05, 0.1) is 6.54 Å². The number of hydrogen-bond donors (Lipinski definition) is 2. The number of aryl methyl sites for hydroxylation is 1. The molecule has 2 rings (SSSR count). The molecule has 4 heteroatoms. The third-order valence-electron chi connectivity index (χ3n) is 4.29. The average molecular weight is 275 g/mol. The van der Waals surface area contributed by atoms with Crippen molar-refractivity contribution in [2.24, 2.45) is 17.6 Å². The number of benzene rings is 1. The third kappa shape index (κ3) is 3.81. The second-order valence-corrected chi connectivity index (χ2v) is 5.86. The van der Waals surface area contributed by atoms with Crippen LogP contribution in [0.5, 0.6) is 0 Å². The minimum Gasteiger partial charge on any atom is -0.330 e. The Balaban J connectivity index is 1.87. The highest BCUT2D eigenvalue weighted by molar-refractivity contribution is 5.92. The Bertz CT molecular complexity index is 461. The molecule has 0 bridgehead atoms. The molecule has 1 fully saturated rings. The number of para-hydroxylation sites is 1. The first kappa shape index (κ1) is 15.0. The maximum atomic E-state index is 12.1. The standard InChI is InChI=1S/C16H25N3O/c1-12-7-8-19(10-14(12)9-17)11-16(20)18-15-6-4-3-5-13(15)2/h3-6,12,14H,7-11,17H2,1-2H3,(H,18,20). The van der Waals surface area contributed by atoms with Gasteiger partial charge in [0.1, 0.15) is 0 Å². The predicted octanol–water partition coefficient (Wildman–Crippen LogP) is 1.85. The molecule has 0 radical (unpaired) electrons. The Labute approximate surface area is 121 Å². The Morgan fingerprint density at radius 2 is 2.20 bits per heavy atom. The highest BCUT2D eigenvalue weighted by atomic mass is 16.2. The summed E-state index contributed by atoms with van der Waals surface area (Å²) in [6.45, 7) is 7.33. The number of carbonyl (C=O) groups excluding carboxylic acids is 1. The minimum atomic E-state index is 0.0598. The minimum absolute atomic E-state index is 0.0598. The monoisotopic (exact) mass is 275 g/mol. The molecule has 4 nitrogen and oxygen atoms in total. The van der Waals surface area contributed by atoms with E-state index < -0.39 is 0 Å². The summed E-state index contributed by atoms with van der Waals surface area (Å²) in [6.07, 6.45) is 1.12. The Hall–Kier alpha value is -1.39. The van der Waals surface area contributed by atoms with E-state index in [4.69, 9.17) is 5.73 Å². The van der Waals surface area contributed by atoms with Crippen LogP contribution < -0.4 is 11.1 Å². The van der Waals surface area contributed by atoms with Gasteiger partial charge >= 0.3 is 0 Å². The number of hydrogen-bond acceptors (Lipinski definition) is 3. The van der Waals surface area contributed by atoms with Crippen molar-refractivity contribution in [1.29, 1.82) is 0 Å². The molecule has 0 saturated carbocycles. The number of nitrogens with zero attached hydrogens (tertiary/aromatic N) is 1.